The molecule has 0 saturated carbocycles. The molecule has 0 radical (unpaired) electrons. The molecule has 0 amide bonds. The lowest BCUT2D eigenvalue weighted by atomic mass is 10.2. The molecule has 0 aliphatic heterocycles. The molecule has 1 aromatic carbocycles. The number of benzene rings is 1. The van der Waals surface area contributed by atoms with E-state index in [0.717, 1.165) is 30.6 Å². The first-order chi connectivity index (χ1) is 8.22. The van der Waals surface area contributed by atoms with Crippen molar-refractivity contribution in [3.63, 3.8) is 0 Å². The maximum Gasteiger partial charge on any atom is 0.419 e. The van der Waals surface area contributed by atoms with Gasteiger partial charge in [-0.2, -0.15) is 0 Å². The zero-order chi connectivity index (χ0) is 12.3. The number of fused-ring (bicyclic) bond motifs is 1. The topological polar surface area (TPSA) is 73.2 Å². The number of hydrogen-bond donors (Lipinski definition) is 2. The summed E-state index contributed by atoms with van der Waals surface area (Å²) in [7, 11) is 1.70. The number of unbranched alkanes of at least 4 members (excludes halogenated alkanes) is 1. The minimum absolute atomic E-state index is 0.333. The fourth-order valence-electron chi connectivity index (χ4n) is 1.75. The van der Waals surface area contributed by atoms with Gasteiger partial charge in [0.05, 0.1) is 5.52 Å². The second-order valence-corrected chi connectivity index (χ2v) is 4.03. The Morgan fingerprint density at radius 1 is 1.41 bits per heavy atom. The van der Waals surface area contributed by atoms with Crippen LogP contribution in [0.3, 0.4) is 0 Å². The van der Waals surface area contributed by atoms with Gasteiger partial charge in [0.15, 0.2) is 5.58 Å². The van der Waals surface area contributed by atoms with Crippen LogP contribution in [0, 0.1) is 0 Å². The van der Waals surface area contributed by atoms with Crippen molar-refractivity contribution in [1.29, 1.82) is 0 Å². The second kappa shape index (κ2) is 5.05. The van der Waals surface area contributed by atoms with E-state index in [0.29, 0.717) is 12.1 Å². The zero-order valence-electron chi connectivity index (χ0n) is 9.90. The predicted molar refractivity (Wildman–Crippen MR) is 68.2 cm³/mol. The first-order valence-electron chi connectivity index (χ1n) is 5.76. The van der Waals surface area contributed by atoms with Crippen molar-refractivity contribution in [2.45, 2.75) is 12.8 Å². The molecule has 0 bridgehead atoms. The summed E-state index contributed by atoms with van der Waals surface area (Å²) in [6, 6.07) is 5.67. The second-order valence-electron chi connectivity index (χ2n) is 4.03. The number of anilines is 1. The largest absolute Gasteiger partial charge is 0.419 e. The van der Waals surface area contributed by atoms with Crippen LogP contribution in [0.4, 0.5) is 5.69 Å². The number of nitrogens with two attached hydrogens (primary N) is 1. The molecule has 1 aromatic heterocycles. The van der Waals surface area contributed by atoms with E-state index in [4.69, 9.17) is 10.2 Å². The van der Waals surface area contributed by atoms with Gasteiger partial charge in [0.25, 0.3) is 0 Å². The molecule has 0 unspecified atom stereocenters. The number of nitrogens with zero attached hydrogens (tertiary/aromatic N) is 1. The molecule has 0 aliphatic rings. The Bertz CT molecular complexity index is 556. The standard InChI is InChI=1S/C12H17N3O2/c1-15-10-5-4-9(14-7-3-2-6-13)8-11(10)17-12(15)16/h4-5,8,14H,2-3,6-7,13H2,1H3. The smallest absolute Gasteiger partial charge is 0.408 e. The van der Waals surface area contributed by atoms with E-state index in [9.17, 15) is 4.79 Å². The Morgan fingerprint density at radius 2 is 2.24 bits per heavy atom. The Kier molecular flexibility index (Phi) is 3.49. The molecule has 0 fully saturated rings. The molecule has 0 spiro atoms. The molecule has 17 heavy (non-hydrogen) atoms. The highest BCUT2D eigenvalue weighted by Crippen LogP contribution is 2.17. The molecular formula is C12H17N3O2. The maximum absolute atomic E-state index is 11.3. The quantitative estimate of drug-likeness (QED) is 0.766. The number of nitrogens with one attached hydrogen (secondary N) is 1. The summed E-state index contributed by atoms with van der Waals surface area (Å²) < 4.78 is 6.61. The SMILES string of the molecule is Cn1c(=O)oc2cc(NCCCCN)ccc21. The van der Waals surface area contributed by atoms with E-state index in [1.807, 2.05) is 18.2 Å². The van der Waals surface area contributed by atoms with E-state index >= 15 is 0 Å². The number of oxazole rings is 1. The number of hydrogen-bond acceptors (Lipinski definition) is 4. The number of rotatable bonds is 5. The van der Waals surface area contributed by atoms with Gasteiger partial charge in [-0.1, -0.05) is 0 Å². The van der Waals surface area contributed by atoms with Crippen molar-refractivity contribution >= 4 is 16.8 Å². The number of aromatic nitrogens is 1. The fourth-order valence-corrected chi connectivity index (χ4v) is 1.75. The molecule has 0 saturated heterocycles. The van der Waals surface area contributed by atoms with Gasteiger partial charge in [0.1, 0.15) is 0 Å². The minimum Gasteiger partial charge on any atom is -0.408 e. The molecular weight excluding hydrogens is 218 g/mol. The first kappa shape index (κ1) is 11.7. The molecule has 5 nitrogen and oxygen atoms in total. The Morgan fingerprint density at radius 3 is 3.00 bits per heavy atom. The van der Waals surface area contributed by atoms with Crippen molar-refractivity contribution in [3.8, 4) is 0 Å². The zero-order valence-corrected chi connectivity index (χ0v) is 9.90. The number of aryl methyl sites for hydroxylation is 1. The van der Waals surface area contributed by atoms with Crippen LogP contribution >= 0.6 is 0 Å². The van der Waals surface area contributed by atoms with E-state index in [1.165, 1.54) is 4.57 Å². The van der Waals surface area contributed by atoms with Crippen LogP contribution in [0.1, 0.15) is 12.8 Å². The van der Waals surface area contributed by atoms with Crippen LogP contribution in [0.5, 0.6) is 0 Å². The maximum atomic E-state index is 11.3. The summed E-state index contributed by atoms with van der Waals surface area (Å²) in [6.45, 7) is 1.59. The van der Waals surface area contributed by atoms with E-state index in [2.05, 4.69) is 5.32 Å². The van der Waals surface area contributed by atoms with Crippen molar-refractivity contribution in [2.75, 3.05) is 18.4 Å². The molecule has 0 aliphatic carbocycles. The lowest BCUT2D eigenvalue weighted by Gasteiger charge is -2.05. The summed E-state index contributed by atoms with van der Waals surface area (Å²) in [4.78, 5) is 11.3. The Balaban J connectivity index is 2.12. The van der Waals surface area contributed by atoms with Crippen LogP contribution in [-0.4, -0.2) is 17.7 Å². The van der Waals surface area contributed by atoms with Crippen LogP contribution in [0.2, 0.25) is 0 Å². The summed E-state index contributed by atoms with van der Waals surface area (Å²) >= 11 is 0. The lowest BCUT2D eigenvalue weighted by Crippen LogP contribution is -2.08. The van der Waals surface area contributed by atoms with Crippen LogP contribution < -0.4 is 16.8 Å². The Labute approximate surface area is 99.2 Å². The van der Waals surface area contributed by atoms with Gasteiger partial charge in [-0.25, -0.2) is 4.79 Å². The highest BCUT2D eigenvalue weighted by atomic mass is 16.4. The third-order valence-corrected chi connectivity index (χ3v) is 2.75. The van der Waals surface area contributed by atoms with Gasteiger partial charge < -0.3 is 15.5 Å². The van der Waals surface area contributed by atoms with E-state index in [-0.39, 0.29) is 5.76 Å². The normalized spacial score (nSPS) is 10.9. The van der Waals surface area contributed by atoms with Gasteiger partial charge in [-0.05, 0) is 31.5 Å². The third-order valence-electron chi connectivity index (χ3n) is 2.75. The van der Waals surface area contributed by atoms with Gasteiger partial charge in [-0.3, -0.25) is 4.57 Å². The van der Waals surface area contributed by atoms with Crippen molar-refractivity contribution in [2.24, 2.45) is 12.8 Å². The van der Waals surface area contributed by atoms with Crippen LogP contribution in [0.15, 0.2) is 27.4 Å². The van der Waals surface area contributed by atoms with Gasteiger partial charge in [0.2, 0.25) is 0 Å². The summed E-state index contributed by atoms with van der Waals surface area (Å²) in [5, 5.41) is 3.27. The minimum atomic E-state index is -0.333. The Hall–Kier alpha value is -1.75. The lowest BCUT2D eigenvalue weighted by molar-refractivity contribution is 0.528. The van der Waals surface area contributed by atoms with E-state index < -0.39 is 0 Å². The molecule has 3 N–H and O–H groups in total. The molecule has 0 atom stereocenters. The molecule has 1 heterocycles. The fraction of sp³-hybridized carbons (Fsp3) is 0.417. The van der Waals surface area contributed by atoms with Crippen LogP contribution in [0.25, 0.3) is 11.1 Å². The monoisotopic (exact) mass is 235 g/mol. The summed E-state index contributed by atoms with van der Waals surface area (Å²) in [5.41, 5.74) is 7.80. The first-order valence-corrected chi connectivity index (χ1v) is 5.76. The third kappa shape index (κ3) is 2.50. The van der Waals surface area contributed by atoms with Gasteiger partial charge >= 0.3 is 5.76 Å². The van der Waals surface area contributed by atoms with Gasteiger partial charge in [-0.15, -0.1) is 0 Å². The molecule has 92 valence electrons. The van der Waals surface area contributed by atoms with Crippen LogP contribution in [-0.2, 0) is 7.05 Å². The highest BCUT2D eigenvalue weighted by molar-refractivity contribution is 5.77. The predicted octanol–water partition coefficient (Wildman–Crippen LogP) is 1.28. The molecule has 2 aromatic rings. The van der Waals surface area contributed by atoms with Gasteiger partial charge in [0, 0.05) is 25.3 Å². The van der Waals surface area contributed by atoms with E-state index in [1.54, 1.807) is 7.05 Å². The summed E-state index contributed by atoms with van der Waals surface area (Å²) in [6.07, 6.45) is 2.04. The van der Waals surface area contributed by atoms with Crippen molar-refractivity contribution < 1.29 is 4.42 Å². The van der Waals surface area contributed by atoms with Crippen molar-refractivity contribution in [3.05, 3.63) is 28.7 Å². The average molecular weight is 235 g/mol. The van der Waals surface area contributed by atoms with Crippen molar-refractivity contribution in [1.82, 2.24) is 4.57 Å². The average Bonchev–Trinajstić information content (AvgIpc) is 2.61. The highest BCUT2D eigenvalue weighted by Gasteiger charge is 2.05. The molecule has 2 rings (SSSR count). The summed E-state index contributed by atoms with van der Waals surface area (Å²) in [5.74, 6) is -0.333. The molecule has 5 heteroatoms.